The van der Waals surface area contributed by atoms with Gasteiger partial charge in [-0.15, -0.1) is 0 Å². The Labute approximate surface area is 155 Å². The molecule has 27 heavy (non-hydrogen) atoms. The van der Waals surface area contributed by atoms with E-state index in [1.54, 1.807) is 0 Å². The monoisotopic (exact) mass is 377 g/mol. The Hall–Kier alpha value is -3.23. The van der Waals surface area contributed by atoms with E-state index in [4.69, 9.17) is 4.42 Å². The van der Waals surface area contributed by atoms with Gasteiger partial charge in [0.25, 0.3) is 0 Å². The van der Waals surface area contributed by atoms with Crippen LogP contribution >= 0.6 is 0 Å². The maximum atomic E-state index is 13.0. The maximum absolute atomic E-state index is 13.0. The van der Waals surface area contributed by atoms with Gasteiger partial charge in [-0.05, 0) is 31.2 Å². The highest BCUT2D eigenvalue weighted by molar-refractivity contribution is 5.84. The molecule has 0 saturated heterocycles. The zero-order chi connectivity index (χ0) is 20.0. The number of carboxylic acids is 1. The molecule has 0 fully saturated rings. The summed E-state index contributed by atoms with van der Waals surface area (Å²) in [5, 5.41) is 11.7. The number of halogens is 1. The number of aliphatic carboxylic acids is 1. The minimum absolute atomic E-state index is 0.0501. The fourth-order valence-corrected chi connectivity index (χ4v) is 2.39. The summed E-state index contributed by atoms with van der Waals surface area (Å²) in [5.74, 6) is -2.05. The van der Waals surface area contributed by atoms with Gasteiger partial charge in [0.2, 0.25) is 17.7 Å². The number of nitrogens with one attached hydrogen (secondary N) is 1. The van der Waals surface area contributed by atoms with Crippen LogP contribution in [0.3, 0.4) is 0 Å². The Morgan fingerprint density at radius 2 is 1.96 bits per heavy atom. The second-order valence-electron chi connectivity index (χ2n) is 5.91. The second-order valence-corrected chi connectivity index (χ2v) is 5.91. The van der Waals surface area contributed by atoms with Crippen LogP contribution < -0.4 is 5.32 Å². The van der Waals surface area contributed by atoms with Crippen LogP contribution in [0.2, 0.25) is 0 Å². The number of carboxylic acid groups (broad SMARTS) is 1. The highest BCUT2D eigenvalue weighted by Crippen LogP contribution is 2.19. The van der Waals surface area contributed by atoms with E-state index in [1.807, 2.05) is 0 Å². The van der Waals surface area contributed by atoms with Crippen LogP contribution in [0.1, 0.15) is 19.5 Å². The SMILES string of the molecule is CC(=O)NCCN(C(=O)Cc1coc(-c2ccc(F)cc2)n1)C(C)C(=O)O. The lowest BCUT2D eigenvalue weighted by Crippen LogP contribution is -2.47. The molecule has 2 rings (SSSR count). The molecule has 1 aromatic heterocycles. The van der Waals surface area contributed by atoms with Crippen molar-refractivity contribution in [2.75, 3.05) is 13.1 Å². The molecule has 2 amide bonds. The number of aromatic nitrogens is 1. The molecular formula is C18H20FN3O5. The third kappa shape index (κ3) is 5.63. The van der Waals surface area contributed by atoms with E-state index in [9.17, 15) is 23.9 Å². The number of rotatable bonds is 8. The van der Waals surface area contributed by atoms with Gasteiger partial charge in [0.1, 0.15) is 18.1 Å². The zero-order valence-electron chi connectivity index (χ0n) is 14.9. The molecule has 2 aromatic rings. The lowest BCUT2D eigenvalue weighted by molar-refractivity contribution is -0.149. The summed E-state index contributed by atoms with van der Waals surface area (Å²) < 4.78 is 18.3. The number of amides is 2. The highest BCUT2D eigenvalue weighted by Gasteiger charge is 2.26. The summed E-state index contributed by atoms with van der Waals surface area (Å²) >= 11 is 0. The molecule has 1 heterocycles. The van der Waals surface area contributed by atoms with Crippen LogP contribution in [0.4, 0.5) is 4.39 Å². The fourth-order valence-electron chi connectivity index (χ4n) is 2.39. The van der Waals surface area contributed by atoms with Gasteiger partial charge in [0.15, 0.2) is 0 Å². The Morgan fingerprint density at radius 1 is 1.30 bits per heavy atom. The van der Waals surface area contributed by atoms with Crippen molar-refractivity contribution in [2.45, 2.75) is 26.3 Å². The Balaban J connectivity index is 2.08. The average Bonchev–Trinajstić information content (AvgIpc) is 3.06. The van der Waals surface area contributed by atoms with E-state index in [1.165, 1.54) is 44.4 Å². The average molecular weight is 377 g/mol. The van der Waals surface area contributed by atoms with Crippen LogP contribution in [0.15, 0.2) is 34.9 Å². The lowest BCUT2D eigenvalue weighted by Gasteiger charge is -2.26. The number of nitrogens with zero attached hydrogens (tertiary/aromatic N) is 2. The third-order valence-electron chi connectivity index (χ3n) is 3.85. The minimum Gasteiger partial charge on any atom is -0.480 e. The van der Waals surface area contributed by atoms with Crippen molar-refractivity contribution in [1.82, 2.24) is 15.2 Å². The lowest BCUT2D eigenvalue weighted by atomic mass is 10.2. The van der Waals surface area contributed by atoms with Crippen LogP contribution in [0.5, 0.6) is 0 Å². The van der Waals surface area contributed by atoms with Gasteiger partial charge < -0.3 is 19.7 Å². The van der Waals surface area contributed by atoms with E-state index < -0.39 is 23.7 Å². The number of hydrogen-bond acceptors (Lipinski definition) is 5. The molecule has 0 radical (unpaired) electrons. The Kier molecular flexibility index (Phi) is 6.64. The van der Waals surface area contributed by atoms with E-state index in [0.717, 1.165) is 4.90 Å². The molecule has 144 valence electrons. The van der Waals surface area contributed by atoms with Gasteiger partial charge in [0, 0.05) is 25.6 Å². The van der Waals surface area contributed by atoms with Crippen LogP contribution in [0, 0.1) is 5.82 Å². The molecule has 2 N–H and O–H groups in total. The van der Waals surface area contributed by atoms with Crippen molar-refractivity contribution in [2.24, 2.45) is 0 Å². The Bertz CT molecular complexity index is 819. The van der Waals surface area contributed by atoms with Crippen molar-refractivity contribution in [3.63, 3.8) is 0 Å². The van der Waals surface area contributed by atoms with E-state index in [2.05, 4.69) is 10.3 Å². The normalized spacial score (nSPS) is 11.7. The number of hydrogen-bond donors (Lipinski definition) is 2. The van der Waals surface area contributed by atoms with Gasteiger partial charge in [-0.3, -0.25) is 9.59 Å². The summed E-state index contributed by atoms with van der Waals surface area (Å²) in [6.07, 6.45) is 1.14. The summed E-state index contributed by atoms with van der Waals surface area (Å²) in [6.45, 7) is 2.91. The molecule has 1 unspecified atom stereocenters. The molecule has 0 bridgehead atoms. The van der Waals surface area contributed by atoms with Crippen molar-refractivity contribution in [3.05, 3.63) is 42.0 Å². The first kappa shape index (κ1) is 20.1. The molecule has 1 aromatic carbocycles. The van der Waals surface area contributed by atoms with Crippen molar-refractivity contribution >= 4 is 17.8 Å². The summed E-state index contributed by atoms with van der Waals surface area (Å²) in [4.78, 5) is 40.1. The maximum Gasteiger partial charge on any atom is 0.326 e. The first-order valence-electron chi connectivity index (χ1n) is 8.25. The number of oxazole rings is 1. The predicted octanol–water partition coefficient (Wildman–Crippen LogP) is 1.46. The molecule has 0 saturated carbocycles. The summed E-state index contributed by atoms with van der Waals surface area (Å²) in [7, 11) is 0. The van der Waals surface area contributed by atoms with E-state index in [0.29, 0.717) is 11.3 Å². The topological polar surface area (TPSA) is 113 Å². The highest BCUT2D eigenvalue weighted by atomic mass is 19.1. The van der Waals surface area contributed by atoms with Crippen LogP contribution in [-0.2, 0) is 20.8 Å². The second kappa shape index (κ2) is 8.93. The van der Waals surface area contributed by atoms with Gasteiger partial charge in [0.05, 0.1) is 12.1 Å². The van der Waals surface area contributed by atoms with Gasteiger partial charge in [-0.1, -0.05) is 0 Å². The number of benzene rings is 1. The van der Waals surface area contributed by atoms with Crippen molar-refractivity contribution in [3.8, 4) is 11.5 Å². The quantitative estimate of drug-likeness (QED) is 0.720. The molecule has 0 spiro atoms. The molecule has 8 nitrogen and oxygen atoms in total. The number of carbonyl (C=O) groups is 3. The molecule has 0 aliphatic heterocycles. The molecule has 0 aliphatic carbocycles. The standard InChI is InChI=1S/C18H20FN3O5/c1-11(18(25)26)22(8-7-20-12(2)23)16(24)9-15-10-27-17(21-15)13-3-5-14(19)6-4-13/h3-6,10-11H,7-9H2,1-2H3,(H,20,23)(H,25,26). The minimum atomic E-state index is -1.15. The van der Waals surface area contributed by atoms with Gasteiger partial charge in [-0.25, -0.2) is 14.2 Å². The molecule has 1 atom stereocenters. The van der Waals surface area contributed by atoms with Gasteiger partial charge >= 0.3 is 5.97 Å². The molecule has 0 aliphatic rings. The molecule has 9 heteroatoms. The van der Waals surface area contributed by atoms with E-state index >= 15 is 0 Å². The summed E-state index contributed by atoms with van der Waals surface area (Å²) in [5.41, 5.74) is 0.873. The predicted molar refractivity (Wildman–Crippen MR) is 93.1 cm³/mol. The molecular weight excluding hydrogens is 357 g/mol. The Morgan fingerprint density at radius 3 is 2.56 bits per heavy atom. The van der Waals surface area contributed by atoms with Crippen molar-refractivity contribution in [1.29, 1.82) is 0 Å². The van der Waals surface area contributed by atoms with Gasteiger partial charge in [-0.2, -0.15) is 0 Å². The largest absolute Gasteiger partial charge is 0.480 e. The smallest absolute Gasteiger partial charge is 0.326 e. The number of carbonyl (C=O) groups excluding carboxylic acids is 2. The first-order chi connectivity index (χ1) is 12.8. The first-order valence-corrected chi connectivity index (χ1v) is 8.25. The summed E-state index contributed by atoms with van der Waals surface area (Å²) in [6, 6.07) is 4.47. The zero-order valence-corrected chi connectivity index (χ0v) is 14.9. The van der Waals surface area contributed by atoms with E-state index in [-0.39, 0.29) is 31.3 Å². The third-order valence-corrected chi connectivity index (χ3v) is 3.85. The van der Waals surface area contributed by atoms with Crippen LogP contribution in [0.25, 0.3) is 11.5 Å². The fraction of sp³-hybridized carbons (Fsp3) is 0.333. The van der Waals surface area contributed by atoms with Crippen molar-refractivity contribution < 1.29 is 28.3 Å². The van der Waals surface area contributed by atoms with Crippen LogP contribution in [-0.4, -0.2) is 51.9 Å².